The average Bonchev–Trinajstić information content (AvgIpc) is 2.39. The number of unbranched alkanes of at least 4 members (excludes halogenated alkanes) is 1. The standard InChI is InChI=1S/C16H25NO2/c1-4-17(16(2,3)15(18)19)13-9-8-12-14-10-6-5-7-11-14/h5-7,10-11H,4,8-9,12-13H2,1-3H3,(H,18,19). The number of carbonyl (C=O) groups is 1. The third-order valence-corrected chi connectivity index (χ3v) is 3.68. The Kier molecular flexibility index (Phi) is 6.03. The predicted molar refractivity (Wildman–Crippen MR) is 78.3 cm³/mol. The minimum Gasteiger partial charge on any atom is -0.480 e. The van der Waals surface area contributed by atoms with E-state index in [0.29, 0.717) is 0 Å². The lowest BCUT2D eigenvalue weighted by atomic mass is 10.0. The molecule has 0 fully saturated rings. The molecule has 0 saturated carbocycles. The summed E-state index contributed by atoms with van der Waals surface area (Å²) < 4.78 is 0. The van der Waals surface area contributed by atoms with Crippen LogP contribution in [0.5, 0.6) is 0 Å². The monoisotopic (exact) mass is 263 g/mol. The topological polar surface area (TPSA) is 40.5 Å². The third-order valence-electron chi connectivity index (χ3n) is 3.68. The van der Waals surface area contributed by atoms with Crippen molar-refractivity contribution in [2.75, 3.05) is 13.1 Å². The van der Waals surface area contributed by atoms with Crippen LogP contribution in [-0.2, 0) is 11.2 Å². The quantitative estimate of drug-likeness (QED) is 0.732. The van der Waals surface area contributed by atoms with Crippen molar-refractivity contribution in [2.45, 2.75) is 45.6 Å². The maximum atomic E-state index is 11.2. The van der Waals surface area contributed by atoms with Gasteiger partial charge in [-0.05, 0) is 51.8 Å². The lowest BCUT2D eigenvalue weighted by Crippen LogP contribution is -2.50. The summed E-state index contributed by atoms with van der Waals surface area (Å²) >= 11 is 0. The summed E-state index contributed by atoms with van der Waals surface area (Å²) in [5, 5.41) is 9.24. The van der Waals surface area contributed by atoms with Crippen LogP contribution in [0.15, 0.2) is 30.3 Å². The molecule has 0 spiro atoms. The third kappa shape index (κ3) is 4.67. The zero-order chi connectivity index (χ0) is 14.3. The summed E-state index contributed by atoms with van der Waals surface area (Å²) in [6.07, 6.45) is 3.18. The second kappa shape index (κ2) is 7.29. The number of carboxylic acid groups (broad SMARTS) is 1. The number of carboxylic acids is 1. The second-order valence-corrected chi connectivity index (χ2v) is 5.39. The number of aliphatic carboxylic acids is 1. The van der Waals surface area contributed by atoms with Gasteiger partial charge in [0.1, 0.15) is 5.54 Å². The van der Waals surface area contributed by atoms with Crippen LogP contribution in [0.4, 0.5) is 0 Å². The maximum absolute atomic E-state index is 11.2. The van der Waals surface area contributed by atoms with Gasteiger partial charge in [0.15, 0.2) is 0 Å². The number of hydrogen-bond acceptors (Lipinski definition) is 2. The highest BCUT2D eigenvalue weighted by atomic mass is 16.4. The van der Waals surface area contributed by atoms with E-state index >= 15 is 0 Å². The fourth-order valence-electron chi connectivity index (χ4n) is 2.24. The van der Waals surface area contributed by atoms with Crippen molar-refractivity contribution in [3.05, 3.63) is 35.9 Å². The number of benzene rings is 1. The molecule has 0 unspecified atom stereocenters. The summed E-state index contributed by atoms with van der Waals surface area (Å²) in [5.74, 6) is -0.752. The largest absolute Gasteiger partial charge is 0.480 e. The minimum atomic E-state index is -0.776. The SMILES string of the molecule is CCN(CCCCc1ccccc1)C(C)(C)C(=O)O. The molecule has 3 nitrogen and oxygen atoms in total. The molecule has 1 N–H and O–H groups in total. The van der Waals surface area contributed by atoms with Crippen LogP contribution in [0.2, 0.25) is 0 Å². The van der Waals surface area contributed by atoms with E-state index in [1.165, 1.54) is 5.56 Å². The van der Waals surface area contributed by atoms with Crippen LogP contribution < -0.4 is 0 Å². The smallest absolute Gasteiger partial charge is 0.323 e. The Morgan fingerprint density at radius 1 is 1.21 bits per heavy atom. The Labute approximate surface area is 116 Å². The van der Waals surface area contributed by atoms with Gasteiger partial charge in [0.25, 0.3) is 0 Å². The first-order chi connectivity index (χ1) is 8.98. The number of likely N-dealkylation sites (N-methyl/N-ethyl adjacent to an activating group) is 1. The molecule has 0 bridgehead atoms. The molecule has 106 valence electrons. The first kappa shape index (κ1) is 15.7. The Hall–Kier alpha value is -1.35. The van der Waals surface area contributed by atoms with Crippen LogP contribution in [0.3, 0.4) is 0 Å². The van der Waals surface area contributed by atoms with Crippen molar-refractivity contribution >= 4 is 5.97 Å². The van der Waals surface area contributed by atoms with Crippen molar-refractivity contribution in [1.82, 2.24) is 4.90 Å². The summed E-state index contributed by atoms with van der Waals surface area (Å²) in [4.78, 5) is 13.3. The van der Waals surface area contributed by atoms with Gasteiger partial charge in [0.2, 0.25) is 0 Å². The van der Waals surface area contributed by atoms with Crippen LogP contribution in [0, 0.1) is 0 Å². The molecule has 3 heteroatoms. The maximum Gasteiger partial charge on any atom is 0.323 e. The van der Waals surface area contributed by atoms with Crippen molar-refractivity contribution < 1.29 is 9.90 Å². The number of rotatable bonds is 8. The van der Waals surface area contributed by atoms with Gasteiger partial charge in [-0.15, -0.1) is 0 Å². The van der Waals surface area contributed by atoms with E-state index < -0.39 is 11.5 Å². The minimum absolute atomic E-state index is 0.752. The zero-order valence-electron chi connectivity index (χ0n) is 12.2. The van der Waals surface area contributed by atoms with E-state index in [0.717, 1.165) is 32.4 Å². The lowest BCUT2D eigenvalue weighted by Gasteiger charge is -2.34. The molecule has 0 aromatic heterocycles. The first-order valence-electron chi connectivity index (χ1n) is 7.01. The van der Waals surface area contributed by atoms with Crippen LogP contribution in [0.25, 0.3) is 0 Å². The van der Waals surface area contributed by atoms with Crippen molar-refractivity contribution in [3.63, 3.8) is 0 Å². The van der Waals surface area contributed by atoms with Gasteiger partial charge in [0.05, 0.1) is 0 Å². The molecule has 0 aliphatic heterocycles. The number of aryl methyl sites for hydroxylation is 1. The van der Waals surface area contributed by atoms with Crippen molar-refractivity contribution in [3.8, 4) is 0 Å². The molecule has 1 rings (SSSR count). The van der Waals surface area contributed by atoms with Gasteiger partial charge < -0.3 is 5.11 Å². The molecule has 0 aliphatic rings. The van der Waals surface area contributed by atoms with Crippen LogP contribution >= 0.6 is 0 Å². The van der Waals surface area contributed by atoms with E-state index in [1.54, 1.807) is 13.8 Å². The Morgan fingerprint density at radius 2 is 1.84 bits per heavy atom. The fourth-order valence-corrected chi connectivity index (χ4v) is 2.24. The van der Waals surface area contributed by atoms with E-state index in [9.17, 15) is 9.90 Å². The Morgan fingerprint density at radius 3 is 2.37 bits per heavy atom. The Balaban J connectivity index is 2.37. The molecule has 0 radical (unpaired) electrons. The lowest BCUT2D eigenvalue weighted by molar-refractivity contribution is -0.149. The van der Waals surface area contributed by atoms with Crippen LogP contribution in [0.1, 0.15) is 39.2 Å². The number of hydrogen-bond donors (Lipinski definition) is 1. The second-order valence-electron chi connectivity index (χ2n) is 5.39. The predicted octanol–water partition coefficient (Wildman–Crippen LogP) is 3.19. The van der Waals surface area contributed by atoms with Crippen molar-refractivity contribution in [2.24, 2.45) is 0 Å². The summed E-state index contributed by atoms with van der Waals surface area (Å²) in [7, 11) is 0. The highest BCUT2D eigenvalue weighted by molar-refractivity contribution is 5.77. The van der Waals surface area contributed by atoms with E-state index in [4.69, 9.17) is 0 Å². The van der Waals surface area contributed by atoms with Gasteiger partial charge in [-0.3, -0.25) is 9.69 Å². The van der Waals surface area contributed by atoms with Gasteiger partial charge in [-0.1, -0.05) is 37.3 Å². The summed E-state index contributed by atoms with van der Waals surface area (Å²) in [6.45, 7) is 7.17. The molecule has 1 aromatic rings. The normalized spacial score (nSPS) is 11.8. The fraction of sp³-hybridized carbons (Fsp3) is 0.562. The van der Waals surface area contributed by atoms with Gasteiger partial charge >= 0.3 is 5.97 Å². The van der Waals surface area contributed by atoms with Gasteiger partial charge in [-0.25, -0.2) is 0 Å². The van der Waals surface area contributed by atoms with Crippen LogP contribution in [-0.4, -0.2) is 34.6 Å². The summed E-state index contributed by atoms with van der Waals surface area (Å²) in [6, 6.07) is 10.4. The Bertz CT molecular complexity index is 387. The molecule has 19 heavy (non-hydrogen) atoms. The zero-order valence-corrected chi connectivity index (χ0v) is 12.2. The summed E-state index contributed by atoms with van der Waals surface area (Å²) in [5.41, 5.74) is 0.574. The molecule has 0 saturated heterocycles. The highest BCUT2D eigenvalue weighted by Crippen LogP contribution is 2.16. The first-order valence-corrected chi connectivity index (χ1v) is 7.01. The van der Waals surface area contributed by atoms with Gasteiger partial charge in [-0.2, -0.15) is 0 Å². The van der Waals surface area contributed by atoms with Gasteiger partial charge in [0, 0.05) is 0 Å². The molecule has 0 aliphatic carbocycles. The molecular formula is C16H25NO2. The molecule has 0 atom stereocenters. The average molecular weight is 263 g/mol. The highest BCUT2D eigenvalue weighted by Gasteiger charge is 2.32. The van der Waals surface area contributed by atoms with E-state index in [-0.39, 0.29) is 0 Å². The molecule has 0 amide bonds. The van der Waals surface area contributed by atoms with E-state index in [2.05, 4.69) is 24.3 Å². The number of nitrogens with zero attached hydrogens (tertiary/aromatic N) is 1. The van der Waals surface area contributed by atoms with Crippen molar-refractivity contribution in [1.29, 1.82) is 0 Å². The molecule has 1 aromatic carbocycles. The van der Waals surface area contributed by atoms with E-state index in [1.807, 2.05) is 17.9 Å². The molecule has 0 heterocycles. The molecular weight excluding hydrogens is 238 g/mol.